The molecule has 1 aliphatic rings. The van der Waals surface area contributed by atoms with E-state index >= 15 is 0 Å². The number of halogens is 3. The first-order valence-electron chi connectivity index (χ1n) is 9.57. The number of hydrogen-bond acceptors (Lipinski definition) is 5. The van der Waals surface area contributed by atoms with Gasteiger partial charge in [0, 0.05) is 25.1 Å². The van der Waals surface area contributed by atoms with E-state index in [4.69, 9.17) is 10.2 Å². The number of aromatic nitrogens is 1. The number of nitrogens with zero attached hydrogens (tertiary/aromatic N) is 2. The molecule has 1 atom stereocenters. The zero-order valence-electron chi connectivity index (χ0n) is 16.4. The second-order valence-electron chi connectivity index (χ2n) is 7.13. The number of oxazole rings is 1. The maximum atomic E-state index is 13.2. The monoisotopic (exact) mass is 442 g/mol. The molecule has 0 spiro atoms. The van der Waals surface area contributed by atoms with Crippen LogP contribution in [0.3, 0.4) is 0 Å². The standard InChI is InChI=1S/C20H24F2N4O3.ClH/c21-20(22)9-11-26(13-20)19(28)15(23)8-4-5-10-24-17(27)16-12-29-18(25-16)14-6-2-1-3-7-14;/h1-3,6-7,12,15H,4-5,8-11,13,23H2,(H,24,27);1H/t15-;/m0./s1. The summed E-state index contributed by atoms with van der Waals surface area (Å²) in [5.74, 6) is -3.24. The van der Waals surface area contributed by atoms with Crippen LogP contribution in [0, 0.1) is 0 Å². The van der Waals surface area contributed by atoms with Gasteiger partial charge < -0.3 is 20.4 Å². The summed E-state index contributed by atoms with van der Waals surface area (Å²) in [6.07, 6.45) is 2.56. The van der Waals surface area contributed by atoms with E-state index in [9.17, 15) is 18.4 Å². The van der Waals surface area contributed by atoms with Crippen molar-refractivity contribution in [3.05, 3.63) is 42.3 Å². The van der Waals surface area contributed by atoms with Gasteiger partial charge in [-0.2, -0.15) is 0 Å². The van der Waals surface area contributed by atoms with Crippen molar-refractivity contribution in [1.29, 1.82) is 0 Å². The summed E-state index contributed by atoms with van der Waals surface area (Å²) < 4.78 is 31.7. The fourth-order valence-corrected chi connectivity index (χ4v) is 3.16. The molecule has 164 valence electrons. The fraction of sp³-hybridized carbons (Fsp3) is 0.450. The first kappa shape index (κ1) is 23.8. The number of hydrogen-bond donors (Lipinski definition) is 2. The van der Waals surface area contributed by atoms with Crippen LogP contribution in [0.5, 0.6) is 0 Å². The lowest BCUT2D eigenvalue weighted by atomic mass is 10.1. The van der Waals surface area contributed by atoms with Crippen LogP contribution in [-0.4, -0.2) is 53.3 Å². The molecule has 7 nitrogen and oxygen atoms in total. The molecule has 1 aliphatic heterocycles. The zero-order valence-corrected chi connectivity index (χ0v) is 17.2. The lowest BCUT2D eigenvalue weighted by molar-refractivity contribution is -0.133. The Labute approximate surface area is 179 Å². The van der Waals surface area contributed by atoms with Crippen LogP contribution in [0.25, 0.3) is 11.5 Å². The predicted octanol–water partition coefficient (Wildman–Crippen LogP) is 2.86. The summed E-state index contributed by atoms with van der Waals surface area (Å²) in [5.41, 5.74) is 6.80. The van der Waals surface area contributed by atoms with Crippen molar-refractivity contribution in [2.24, 2.45) is 5.73 Å². The third-order valence-corrected chi connectivity index (χ3v) is 4.78. The van der Waals surface area contributed by atoms with Crippen molar-refractivity contribution in [2.75, 3.05) is 19.6 Å². The first-order chi connectivity index (χ1) is 13.9. The molecule has 10 heteroatoms. The quantitative estimate of drug-likeness (QED) is 0.612. The minimum absolute atomic E-state index is 0. The van der Waals surface area contributed by atoms with Crippen LogP contribution >= 0.6 is 12.4 Å². The van der Waals surface area contributed by atoms with E-state index in [1.807, 2.05) is 30.3 Å². The number of benzene rings is 1. The summed E-state index contributed by atoms with van der Waals surface area (Å²) in [7, 11) is 0. The van der Waals surface area contributed by atoms with E-state index in [-0.39, 0.29) is 37.0 Å². The molecule has 3 rings (SSSR count). The maximum absolute atomic E-state index is 13.2. The Kier molecular flexibility index (Phi) is 8.31. The van der Waals surface area contributed by atoms with Crippen molar-refractivity contribution in [1.82, 2.24) is 15.2 Å². The Morgan fingerprint density at radius 2 is 2.00 bits per heavy atom. The third-order valence-electron chi connectivity index (χ3n) is 4.78. The zero-order chi connectivity index (χ0) is 20.9. The number of carbonyl (C=O) groups excluding carboxylic acids is 2. The van der Waals surface area contributed by atoms with E-state index in [1.165, 1.54) is 6.26 Å². The minimum atomic E-state index is -2.82. The highest BCUT2D eigenvalue weighted by Crippen LogP contribution is 2.27. The number of unbranched alkanes of at least 4 members (excludes halogenated alkanes) is 1. The number of amides is 2. The Balaban J connectivity index is 0.00000320. The van der Waals surface area contributed by atoms with Crippen LogP contribution in [0.4, 0.5) is 8.78 Å². The van der Waals surface area contributed by atoms with E-state index in [2.05, 4.69) is 10.3 Å². The van der Waals surface area contributed by atoms with Gasteiger partial charge in [0.2, 0.25) is 11.8 Å². The lowest BCUT2D eigenvalue weighted by Gasteiger charge is -2.20. The van der Waals surface area contributed by atoms with E-state index in [1.54, 1.807) is 0 Å². The second kappa shape index (κ2) is 10.5. The van der Waals surface area contributed by atoms with Crippen LogP contribution in [-0.2, 0) is 4.79 Å². The Morgan fingerprint density at radius 3 is 2.67 bits per heavy atom. The van der Waals surface area contributed by atoms with Crippen molar-refractivity contribution in [3.8, 4) is 11.5 Å². The predicted molar refractivity (Wildman–Crippen MR) is 109 cm³/mol. The second-order valence-corrected chi connectivity index (χ2v) is 7.13. The van der Waals surface area contributed by atoms with Gasteiger partial charge in [0.15, 0.2) is 5.69 Å². The van der Waals surface area contributed by atoms with Crippen LogP contribution in [0.15, 0.2) is 41.0 Å². The maximum Gasteiger partial charge on any atom is 0.273 e. The highest BCUT2D eigenvalue weighted by molar-refractivity contribution is 5.92. The number of carbonyl (C=O) groups is 2. The Morgan fingerprint density at radius 1 is 1.27 bits per heavy atom. The lowest BCUT2D eigenvalue weighted by Crippen LogP contribution is -2.43. The molecule has 1 saturated heterocycles. The van der Waals surface area contributed by atoms with Crippen molar-refractivity contribution in [3.63, 3.8) is 0 Å². The Hall–Kier alpha value is -2.52. The molecule has 2 aromatic rings. The molecular weight excluding hydrogens is 418 g/mol. The van der Waals surface area contributed by atoms with Crippen LogP contribution < -0.4 is 11.1 Å². The molecule has 0 radical (unpaired) electrons. The van der Waals surface area contributed by atoms with Gasteiger partial charge in [0.1, 0.15) is 6.26 Å². The first-order valence-corrected chi connectivity index (χ1v) is 9.57. The third kappa shape index (κ3) is 6.24. The summed E-state index contributed by atoms with van der Waals surface area (Å²) in [6.45, 7) is -0.133. The SMILES string of the molecule is Cl.N[C@@H](CCCCNC(=O)c1coc(-c2ccccc2)n1)C(=O)N1CCC(F)(F)C1. The van der Waals surface area contributed by atoms with Crippen LogP contribution in [0.1, 0.15) is 36.2 Å². The van der Waals surface area contributed by atoms with E-state index in [0.29, 0.717) is 31.7 Å². The summed E-state index contributed by atoms with van der Waals surface area (Å²) in [5, 5.41) is 2.74. The smallest absolute Gasteiger partial charge is 0.273 e. The normalized spacial score (nSPS) is 16.0. The molecule has 0 saturated carbocycles. The molecule has 1 aromatic carbocycles. The van der Waals surface area contributed by atoms with E-state index in [0.717, 1.165) is 10.5 Å². The van der Waals surface area contributed by atoms with Crippen molar-refractivity contribution in [2.45, 2.75) is 37.6 Å². The average Bonchev–Trinajstić information content (AvgIpc) is 3.34. The number of nitrogens with one attached hydrogen (secondary N) is 1. The van der Waals surface area contributed by atoms with Gasteiger partial charge in [-0.3, -0.25) is 9.59 Å². The highest BCUT2D eigenvalue weighted by atomic mass is 35.5. The summed E-state index contributed by atoms with van der Waals surface area (Å²) in [4.78, 5) is 29.5. The average molecular weight is 443 g/mol. The number of rotatable bonds is 8. The van der Waals surface area contributed by atoms with E-state index < -0.39 is 24.4 Å². The molecule has 1 fully saturated rings. The van der Waals surface area contributed by atoms with Gasteiger partial charge in [0.05, 0.1) is 12.6 Å². The van der Waals surface area contributed by atoms with Gasteiger partial charge in [-0.05, 0) is 31.4 Å². The molecule has 3 N–H and O–H groups in total. The number of alkyl halides is 2. The largest absolute Gasteiger partial charge is 0.444 e. The fourth-order valence-electron chi connectivity index (χ4n) is 3.16. The molecule has 1 aromatic heterocycles. The number of likely N-dealkylation sites (tertiary alicyclic amines) is 1. The van der Waals surface area contributed by atoms with Crippen LogP contribution in [0.2, 0.25) is 0 Å². The molecular formula is C20H25ClF2N4O3. The minimum Gasteiger partial charge on any atom is -0.444 e. The van der Waals surface area contributed by atoms with Gasteiger partial charge in [-0.1, -0.05) is 18.2 Å². The molecule has 30 heavy (non-hydrogen) atoms. The molecule has 0 aliphatic carbocycles. The van der Waals surface area contributed by atoms with Gasteiger partial charge >= 0.3 is 0 Å². The molecule has 2 heterocycles. The van der Waals surface area contributed by atoms with Gasteiger partial charge in [-0.15, -0.1) is 12.4 Å². The number of nitrogens with two attached hydrogens (primary N) is 1. The molecule has 0 bridgehead atoms. The topological polar surface area (TPSA) is 101 Å². The summed E-state index contributed by atoms with van der Waals surface area (Å²) in [6, 6.07) is 8.44. The van der Waals surface area contributed by atoms with Gasteiger partial charge in [-0.25, -0.2) is 13.8 Å². The van der Waals surface area contributed by atoms with Crippen molar-refractivity contribution < 1.29 is 22.8 Å². The highest BCUT2D eigenvalue weighted by Gasteiger charge is 2.41. The molecule has 2 amide bonds. The van der Waals surface area contributed by atoms with Crippen molar-refractivity contribution >= 4 is 24.2 Å². The molecule has 0 unspecified atom stereocenters. The van der Waals surface area contributed by atoms with Gasteiger partial charge in [0.25, 0.3) is 11.8 Å². The Bertz CT molecular complexity index is 848. The summed E-state index contributed by atoms with van der Waals surface area (Å²) >= 11 is 0.